The van der Waals surface area contributed by atoms with Gasteiger partial charge >= 0.3 is 12.0 Å². The number of aliphatic carboxylic acids is 1. The van der Waals surface area contributed by atoms with Crippen molar-refractivity contribution in [2.45, 2.75) is 12.5 Å². The van der Waals surface area contributed by atoms with Crippen LogP contribution in [-0.4, -0.2) is 58.2 Å². The minimum absolute atomic E-state index is 0.210. The summed E-state index contributed by atoms with van der Waals surface area (Å²) < 4.78 is 0. The summed E-state index contributed by atoms with van der Waals surface area (Å²) in [5.74, 6) is -0.0150. The Kier molecular flexibility index (Phi) is 4.89. The van der Waals surface area contributed by atoms with E-state index >= 15 is 0 Å². The van der Waals surface area contributed by atoms with Crippen LogP contribution in [-0.2, 0) is 11.2 Å². The van der Waals surface area contributed by atoms with Crippen LogP contribution in [0, 0.1) is 0 Å². The van der Waals surface area contributed by atoms with Crippen LogP contribution in [0.2, 0.25) is 0 Å². The predicted molar refractivity (Wildman–Crippen MR) is 78.8 cm³/mol. The molecule has 2 rings (SSSR count). The van der Waals surface area contributed by atoms with Crippen LogP contribution in [0.3, 0.4) is 0 Å². The van der Waals surface area contributed by atoms with Crippen LogP contribution >= 0.6 is 11.8 Å². The fraction of sp³-hybridized carbons (Fsp3) is 0.429. The van der Waals surface area contributed by atoms with Crippen LogP contribution in [0.25, 0.3) is 0 Å². The predicted octanol–water partition coefficient (Wildman–Crippen LogP) is 1.74. The number of hydrogen-bond donors (Lipinski definition) is 1. The lowest BCUT2D eigenvalue weighted by Gasteiger charge is -2.27. The van der Waals surface area contributed by atoms with Gasteiger partial charge in [0.2, 0.25) is 0 Å². The fourth-order valence-electron chi connectivity index (χ4n) is 2.09. The largest absolute Gasteiger partial charge is 0.480 e. The number of carboxylic acids is 1. The lowest BCUT2D eigenvalue weighted by molar-refractivity contribution is -0.140. The number of carboxylic acid groups (broad SMARTS) is 1. The zero-order chi connectivity index (χ0) is 14.5. The van der Waals surface area contributed by atoms with Crippen molar-refractivity contribution in [2.75, 3.05) is 25.2 Å². The third-order valence-electron chi connectivity index (χ3n) is 3.32. The zero-order valence-electron chi connectivity index (χ0n) is 11.4. The van der Waals surface area contributed by atoms with Gasteiger partial charge in [-0.15, -0.1) is 11.8 Å². The van der Waals surface area contributed by atoms with E-state index in [1.165, 1.54) is 16.7 Å². The Morgan fingerprint density at radius 3 is 2.75 bits per heavy atom. The minimum atomic E-state index is -0.931. The molecule has 0 spiro atoms. The van der Waals surface area contributed by atoms with Crippen molar-refractivity contribution in [2.24, 2.45) is 0 Å². The molecule has 5 nitrogen and oxygen atoms in total. The molecule has 1 N–H and O–H groups in total. The van der Waals surface area contributed by atoms with Gasteiger partial charge in [-0.3, -0.25) is 0 Å². The van der Waals surface area contributed by atoms with E-state index in [0.717, 1.165) is 12.0 Å². The summed E-state index contributed by atoms with van der Waals surface area (Å²) in [6, 6.07) is 9.01. The first-order valence-corrected chi connectivity index (χ1v) is 7.61. The molecule has 0 aliphatic carbocycles. The van der Waals surface area contributed by atoms with Crippen molar-refractivity contribution < 1.29 is 14.7 Å². The number of amides is 2. The van der Waals surface area contributed by atoms with Gasteiger partial charge in [0.1, 0.15) is 6.04 Å². The van der Waals surface area contributed by atoms with E-state index in [2.05, 4.69) is 0 Å². The molecular weight excluding hydrogens is 276 g/mol. The first-order chi connectivity index (χ1) is 9.59. The summed E-state index contributed by atoms with van der Waals surface area (Å²) in [5, 5.41) is 9.10. The van der Waals surface area contributed by atoms with Crippen molar-refractivity contribution in [3.8, 4) is 0 Å². The lowest BCUT2D eigenvalue weighted by Crippen LogP contribution is -2.47. The first kappa shape index (κ1) is 14.7. The molecule has 1 heterocycles. The highest BCUT2D eigenvalue weighted by atomic mass is 32.2. The number of nitrogens with zero attached hydrogens (tertiary/aromatic N) is 2. The second kappa shape index (κ2) is 6.65. The Bertz CT molecular complexity index is 481. The molecule has 0 saturated carbocycles. The van der Waals surface area contributed by atoms with Gasteiger partial charge < -0.3 is 14.9 Å². The number of likely N-dealkylation sites (N-methyl/N-ethyl adjacent to an activating group) is 1. The standard InChI is InChI=1S/C14H18N2O3S/c1-15(8-7-11-5-3-2-4-6-11)14(19)16-10-20-9-12(16)13(17)18/h2-6,12H,7-10H2,1H3,(H,17,18). The summed E-state index contributed by atoms with van der Waals surface area (Å²) in [6.07, 6.45) is 0.766. The number of hydrogen-bond acceptors (Lipinski definition) is 3. The summed E-state index contributed by atoms with van der Waals surface area (Å²) in [7, 11) is 1.72. The number of benzene rings is 1. The SMILES string of the molecule is CN(CCc1ccccc1)C(=O)N1CSCC1C(=O)O. The molecule has 0 aromatic heterocycles. The molecule has 1 aromatic carbocycles. The number of rotatable bonds is 4. The molecule has 1 saturated heterocycles. The number of thioether (sulfide) groups is 1. The van der Waals surface area contributed by atoms with E-state index < -0.39 is 12.0 Å². The van der Waals surface area contributed by atoms with E-state index in [-0.39, 0.29) is 6.03 Å². The van der Waals surface area contributed by atoms with Crippen LogP contribution in [0.5, 0.6) is 0 Å². The van der Waals surface area contributed by atoms with Gasteiger partial charge in [0.05, 0.1) is 5.88 Å². The molecule has 0 radical (unpaired) electrons. The van der Waals surface area contributed by atoms with Crippen LogP contribution in [0.15, 0.2) is 30.3 Å². The Labute approximate surface area is 122 Å². The highest BCUT2D eigenvalue weighted by Gasteiger charge is 2.35. The van der Waals surface area contributed by atoms with E-state index in [1.807, 2.05) is 30.3 Å². The second-order valence-corrected chi connectivity index (χ2v) is 5.76. The molecule has 1 unspecified atom stereocenters. The van der Waals surface area contributed by atoms with Gasteiger partial charge in [0.15, 0.2) is 0 Å². The maximum absolute atomic E-state index is 12.3. The Hall–Kier alpha value is -1.69. The third kappa shape index (κ3) is 3.45. The second-order valence-electron chi connectivity index (χ2n) is 4.76. The molecule has 108 valence electrons. The molecule has 1 aliphatic rings. The fourth-order valence-corrected chi connectivity index (χ4v) is 3.23. The van der Waals surface area contributed by atoms with Crippen molar-refractivity contribution in [1.82, 2.24) is 9.80 Å². The maximum Gasteiger partial charge on any atom is 0.327 e. The number of carbonyl (C=O) groups excluding carboxylic acids is 1. The normalized spacial score (nSPS) is 18.1. The molecule has 1 fully saturated rings. The quantitative estimate of drug-likeness (QED) is 0.919. The average Bonchev–Trinajstić information content (AvgIpc) is 2.94. The van der Waals surface area contributed by atoms with E-state index in [9.17, 15) is 9.59 Å². The zero-order valence-corrected chi connectivity index (χ0v) is 12.2. The van der Waals surface area contributed by atoms with E-state index in [0.29, 0.717) is 18.2 Å². The molecule has 2 amide bonds. The monoisotopic (exact) mass is 294 g/mol. The Morgan fingerprint density at radius 2 is 2.10 bits per heavy atom. The van der Waals surface area contributed by atoms with Gasteiger partial charge in [0, 0.05) is 19.3 Å². The lowest BCUT2D eigenvalue weighted by atomic mass is 10.1. The van der Waals surface area contributed by atoms with Crippen molar-refractivity contribution in [1.29, 1.82) is 0 Å². The molecule has 0 bridgehead atoms. The van der Waals surface area contributed by atoms with Crippen LogP contribution < -0.4 is 0 Å². The minimum Gasteiger partial charge on any atom is -0.480 e. The Balaban J connectivity index is 1.90. The van der Waals surface area contributed by atoms with Gasteiger partial charge in [0.25, 0.3) is 0 Å². The topological polar surface area (TPSA) is 60.9 Å². The summed E-state index contributed by atoms with van der Waals surface area (Å²) in [4.78, 5) is 26.4. The summed E-state index contributed by atoms with van der Waals surface area (Å²) in [5.41, 5.74) is 1.16. The summed E-state index contributed by atoms with van der Waals surface area (Å²) >= 11 is 1.48. The molecular formula is C14H18N2O3S. The highest BCUT2D eigenvalue weighted by Crippen LogP contribution is 2.22. The molecule has 6 heteroatoms. The first-order valence-electron chi connectivity index (χ1n) is 6.46. The van der Waals surface area contributed by atoms with Gasteiger partial charge in [-0.2, -0.15) is 0 Å². The van der Waals surface area contributed by atoms with Crippen molar-refractivity contribution >= 4 is 23.8 Å². The molecule has 1 aliphatic heterocycles. The smallest absolute Gasteiger partial charge is 0.327 e. The molecule has 1 atom stereocenters. The molecule has 20 heavy (non-hydrogen) atoms. The highest BCUT2D eigenvalue weighted by molar-refractivity contribution is 7.99. The Morgan fingerprint density at radius 1 is 1.40 bits per heavy atom. The van der Waals surface area contributed by atoms with Gasteiger partial charge in [-0.25, -0.2) is 9.59 Å². The third-order valence-corrected chi connectivity index (χ3v) is 4.33. The average molecular weight is 294 g/mol. The summed E-state index contributed by atoms with van der Waals surface area (Å²) in [6.45, 7) is 0.580. The van der Waals surface area contributed by atoms with Crippen LogP contribution in [0.4, 0.5) is 4.79 Å². The number of urea groups is 1. The van der Waals surface area contributed by atoms with E-state index in [4.69, 9.17) is 5.11 Å². The molecule has 1 aromatic rings. The van der Waals surface area contributed by atoms with Gasteiger partial charge in [-0.05, 0) is 12.0 Å². The van der Waals surface area contributed by atoms with E-state index in [1.54, 1.807) is 11.9 Å². The maximum atomic E-state index is 12.3. The van der Waals surface area contributed by atoms with Crippen molar-refractivity contribution in [3.05, 3.63) is 35.9 Å². The van der Waals surface area contributed by atoms with Gasteiger partial charge in [-0.1, -0.05) is 30.3 Å². The number of carbonyl (C=O) groups is 2. The van der Waals surface area contributed by atoms with Crippen LogP contribution in [0.1, 0.15) is 5.56 Å². The van der Waals surface area contributed by atoms with Crippen molar-refractivity contribution in [3.63, 3.8) is 0 Å².